The Morgan fingerprint density at radius 2 is 1.44 bits per heavy atom. The molecule has 0 amide bonds. The Bertz CT molecular complexity index is 755. The number of rotatable bonds is 15. The minimum Gasteiger partial charge on any atom is -1.00 e. The third-order valence-electron chi connectivity index (χ3n) is 4.56. The van der Waals surface area contributed by atoms with E-state index < -0.39 is 58.5 Å². The summed E-state index contributed by atoms with van der Waals surface area (Å²) in [5.74, 6) is -2.37. The fourth-order valence-electron chi connectivity index (χ4n) is 2.38. The third kappa shape index (κ3) is 12.0. The van der Waals surface area contributed by atoms with Gasteiger partial charge in [-0.15, -0.1) is 0 Å². The molecular formula is C21H36MgO9S. The van der Waals surface area contributed by atoms with Gasteiger partial charge in [-0.3, -0.25) is 9.35 Å². The van der Waals surface area contributed by atoms with Gasteiger partial charge in [0.15, 0.2) is 0 Å². The number of ether oxygens (including phenoxy) is 3. The zero-order valence-electron chi connectivity index (χ0n) is 21.5. The average Bonchev–Trinajstić information content (AvgIpc) is 2.68. The molecule has 0 spiro atoms. The molecule has 9 nitrogen and oxygen atoms in total. The van der Waals surface area contributed by atoms with Crippen LogP contribution in [0.3, 0.4) is 0 Å². The van der Waals surface area contributed by atoms with Gasteiger partial charge < -0.3 is 17.1 Å². The van der Waals surface area contributed by atoms with E-state index in [0.717, 1.165) is 19.3 Å². The SMILES string of the molecule is C=C(C)C(=O)OCC(CCCCCC)(COC(=O)C(=C)C)C(=O)OCC(C)S(=O)(=O)O.[H-].[H-].[Mg+2]. The number of unbranched alkanes of at least 4 members (excludes halogenated alkanes) is 3. The quantitative estimate of drug-likeness (QED) is 0.0921. The molecule has 0 fully saturated rings. The summed E-state index contributed by atoms with van der Waals surface area (Å²) in [4.78, 5) is 36.8. The molecule has 0 saturated carbocycles. The van der Waals surface area contributed by atoms with Crippen LogP contribution in [-0.4, -0.2) is 79.0 Å². The Kier molecular flexibility index (Phi) is 15.8. The second-order valence-electron chi connectivity index (χ2n) is 7.73. The van der Waals surface area contributed by atoms with Crippen LogP contribution < -0.4 is 0 Å². The Hall–Kier alpha value is -1.43. The molecule has 0 radical (unpaired) electrons. The zero-order valence-corrected chi connectivity index (χ0v) is 21.7. The van der Waals surface area contributed by atoms with Crippen LogP contribution in [0.5, 0.6) is 0 Å². The van der Waals surface area contributed by atoms with Crippen LogP contribution in [-0.2, 0) is 38.7 Å². The van der Waals surface area contributed by atoms with Crippen LogP contribution in [0, 0.1) is 5.41 Å². The zero-order chi connectivity index (χ0) is 24.2. The maximum absolute atomic E-state index is 13.0. The standard InChI is InChI=1S/C21H34O9S.Mg.2H/c1-7-8-9-10-11-21(13-29-18(22)15(2)3,14-30-19(23)16(4)5)20(24)28-12-17(6)31(25,26)27;;;/h17H,2,4,7-14H2,1,3,5-6H3,(H,25,26,27);;;/q;+2;2*-1. The molecule has 0 aromatic rings. The van der Waals surface area contributed by atoms with E-state index >= 15 is 0 Å². The van der Waals surface area contributed by atoms with Crippen LogP contribution in [0.2, 0.25) is 0 Å². The fraction of sp³-hybridized carbons (Fsp3) is 0.667. The molecule has 1 N–H and O–H groups in total. The van der Waals surface area contributed by atoms with Gasteiger partial charge in [0.05, 0.1) is 0 Å². The monoisotopic (exact) mass is 488 g/mol. The number of carbonyl (C=O) groups excluding carboxylic acids is 3. The summed E-state index contributed by atoms with van der Waals surface area (Å²) < 4.78 is 47.1. The molecule has 0 aliphatic heterocycles. The summed E-state index contributed by atoms with van der Waals surface area (Å²) in [7, 11) is -4.41. The van der Waals surface area contributed by atoms with Crippen molar-refractivity contribution in [1.29, 1.82) is 0 Å². The first kappa shape index (κ1) is 32.7. The molecule has 0 aliphatic rings. The van der Waals surface area contributed by atoms with Crippen molar-refractivity contribution in [3.63, 3.8) is 0 Å². The van der Waals surface area contributed by atoms with E-state index in [1.165, 1.54) is 20.8 Å². The Morgan fingerprint density at radius 1 is 0.969 bits per heavy atom. The van der Waals surface area contributed by atoms with Crippen molar-refractivity contribution in [2.45, 2.75) is 65.0 Å². The third-order valence-corrected chi connectivity index (χ3v) is 5.71. The molecule has 0 saturated heterocycles. The first-order valence-corrected chi connectivity index (χ1v) is 11.6. The molecule has 0 aliphatic carbocycles. The summed E-state index contributed by atoms with van der Waals surface area (Å²) in [5.41, 5.74) is -1.32. The van der Waals surface area contributed by atoms with E-state index in [1.807, 2.05) is 6.92 Å². The van der Waals surface area contributed by atoms with E-state index in [0.29, 0.717) is 6.42 Å². The molecular weight excluding hydrogens is 453 g/mol. The van der Waals surface area contributed by atoms with Crippen LogP contribution in [0.4, 0.5) is 0 Å². The van der Waals surface area contributed by atoms with Crippen LogP contribution >= 0.6 is 0 Å². The smallest absolute Gasteiger partial charge is 1.00 e. The van der Waals surface area contributed by atoms with E-state index in [-0.39, 0.29) is 43.5 Å². The topological polar surface area (TPSA) is 133 Å². The maximum Gasteiger partial charge on any atom is 2.00 e. The number of hydrogen-bond donors (Lipinski definition) is 1. The maximum atomic E-state index is 13.0. The van der Waals surface area contributed by atoms with Gasteiger partial charge in [-0.25, -0.2) is 9.59 Å². The normalized spacial score (nSPS) is 12.2. The van der Waals surface area contributed by atoms with Crippen molar-refractivity contribution in [2.75, 3.05) is 19.8 Å². The summed E-state index contributed by atoms with van der Waals surface area (Å²) >= 11 is 0. The molecule has 0 aromatic heterocycles. The molecule has 1 unspecified atom stereocenters. The Morgan fingerprint density at radius 3 is 1.81 bits per heavy atom. The van der Waals surface area contributed by atoms with Gasteiger partial charge >= 0.3 is 41.0 Å². The van der Waals surface area contributed by atoms with Crippen LogP contribution in [0.1, 0.15) is 62.7 Å². The number of esters is 3. The van der Waals surface area contributed by atoms with Crippen molar-refractivity contribution in [3.05, 3.63) is 24.3 Å². The predicted molar refractivity (Wildman–Crippen MR) is 123 cm³/mol. The fourth-order valence-corrected chi connectivity index (χ4v) is 2.62. The average molecular weight is 489 g/mol. The number of carbonyl (C=O) groups is 3. The molecule has 182 valence electrons. The van der Waals surface area contributed by atoms with E-state index in [2.05, 4.69) is 13.2 Å². The van der Waals surface area contributed by atoms with Gasteiger partial charge in [-0.1, -0.05) is 45.8 Å². The van der Waals surface area contributed by atoms with E-state index in [4.69, 9.17) is 18.8 Å². The van der Waals surface area contributed by atoms with Gasteiger partial charge in [0.2, 0.25) is 0 Å². The molecule has 0 bridgehead atoms. The summed E-state index contributed by atoms with van der Waals surface area (Å²) in [6.07, 6.45) is 3.33. The van der Waals surface area contributed by atoms with Gasteiger partial charge in [0.1, 0.15) is 30.5 Å². The van der Waals surface area contributed by atoms with Gasteiger partial charge in [0.25, 0.3) is 10.1 Å². The van der Waals surface area contributed by atoms with Crippen molar-refractivity contribution in [1.82, 2.24) is 0 Å². The molecule has 32 heavy (non-hydrogen) atoms. The number of hydrogen-bond acceptors (Lipinski definition) is 8. The summed E-state index contributed by atoms with van der Waals surface area (Å²) in [5, 5.41) is -1.36. The van der Waals surface area contributed by atoms with Gasteiger partial charge in [-0.2, -0.15) is 8.42 Å². The summed E-state index contributed by atoms with van der Waals surface area (Å²) in [6, 6.07) is 0. The summed E-state index contributed by atoms with van der Waals surface area (Å²) in [6.45, 7) is 11.5. The largest absolute Gasteiger partial charge is 2.00 e. The van der Waals surface area contributed by atoms with Crippen LogP contribution in [0.15, 0.2) is 24.3 Å². The van der Waals surface area contributed by atoms with E-state index in [9.17, 15) is 22.8 Å². The second-order valence-corrected chi connectivity index (χ2v) is 9.56. The van der Waals surface area contributed by atoms with Crippen molar-refractivity contribution < 1.29 is 44.4 Å². The van der Waals surface area contributed by atoms with Gasteiger partial charge in [0, 0.05) is 11.1 Å². The molecule has 0 rings (SSSR count). The van der Waals surface area contributed by atoms with E-state index in [1.54, 1.807) is 0 Å². The van der Waals surface area contributed by atoms with Crippen LogP contribution in [0.25, 0.3) is 0 Å². The Labute approximate surface area is 209 Å². The van der Waals surface area contributed by atoms with Gasteiger partial charge in [-0.05, 0) is 27.2 Å². The predicted octanol–water partition coefficient (Wildman–Crippen LogP) is 2.85. The first-order valence-electron chi connectivity index (χ1n) is 10.1. The minimum atomic E-state index is -4.41. The molecule has 1 atom stereocenters. The molecule has 0 aromatic carbocycles. The van der Waals surface area contributed by atoms with Crippen molar-refractivity contribution in [3.8, 4) is 0 Å². The molecule has 0 heterocycles. The first-order chi connectivity index (χ1) is 14.3. The molecule has 11 heteroatoms. The van der Waals surface area contributed by atoms with Crippen molar-refractivity contribution in [2.24, 2.45) is 5.41 Å². The second kappa shape index (κ2) is 15.4. The Balaban J connectivity index is -0.00000150. The van der Waals surface area contributed by atoms with Crippen molar-refractivity contribution >= 4 is 51.1 Å². The minimum absolute atomic E-state index is 0.